The third-order valence-corrected chi connectivity index (χ3v) is 7.02. The van der Waals surface area contributed by atoms with E-state index in [0.29, 0.717) is 16.2 Å². The summed E-state index contributed by atoms with van der Waals surface area (Å²) in [4.78, 5) is 45.1. The second-order valence-electron chi connectivity index (χ2n) is 8.43. The number of para-hydroxylation sites is 1. The number of fused-ring (bicyclic) bond motifs is 1. The average Bonchev–Trinajstić information content (AvgIpc) is 3.42. The highest BCUT2D eigenvalue weighted by Gasteiger charge is 2.48. The molecule has 1 unspecified atom stereocenters. The number of rotatable bonds is 5. The van der Waals surface area contributed by atoms with Gasteiger partial charge in [-0.1, -0.05) is 47.7 Å². The molecule has 3 aromatic carbocycles. The number of anilines is 2. The Morgan fingerprint density at radius 2 is 1.78 bits per heavy atom. The molecule has 1 fully saturated rings. The number of Topliss-reactive ketones (excluding diaryl/α,β-unsaturated/α-hetero) is 1. The molecule has 36 heavy (non-hydrogen) atoms. The van der Waals surface area contributed by atoms with Gasteiger partial charge in [0, 0.05) is 37.5 Å². The fraction of sp³-hybridized carbons (Fsp3) is 0.115. The van der Waals surface area contributed by atoms with E-state index < -0.39 is 28.4 Å². The third kappa shape index (κ3) is 3.87. The monoisotopic (exact) mass is 500 g/mol. The first-order valence-electron chi connectivity index (χ1n) is 10.9. The molecular formula is C26H20N4O5S. The van der Waals surface area contributed by atoms with Gasteiger partial charge in [0.25, 0.3) is 11.5 Å². The van der Waals surface area contributed by atoms with E-state index in [-0.39, 0.29) is 16.8 Å². The first-order chi connectivity index (χ1) is 17.3. The first-order valence-corrected chi connectivity index (χ1v) is 11.8. The van der Waals surface area contributed by atoms with Crippen LogP contribution < -0.4 is 9.80 Å². The summed E-state index contributed by atoms with van der Waals surface area (Å²) in [7, 11) is 3.79. The number of aliphatic hydroxyl groups excluding tert-OH is 1. The lowest BCUT2D eigenvalue weighted by atomic mass is 9.95. The van der Waals surface area contributed by atoms with Crippen molar-refractivity contribution in [3.8, 4) is 0 Å². The molecule has 2 heterocycles. The summed E-state index contributed by atoms with van der Waals surface area (Å²) in [6, 6.07) is 19.0. The van der Waals surface area contributed by atoms with Crippen molar-refractivity contribution in [2.24, 2.45) is 0 Å². The van der Waals surface area contributed by atoms with Crippen LogP contribution in [-0.2, 0) is 9.59 Å². The van der Waals surface area contributed by atoms with Gasteiger partial charge in [-0.15, -0.1) is 0 Å². The van der Waals surface area contributed by atoms with E-state index >= 15 is 0 Å². The summed E-state index contributed by atoms with van der Waals surface area (Å²) < 4.78 is 0.842. The number of carbonyl (C=O) groups is 2. The predicted molar refractivity (Wildman–Crippen MR) is 138 cm³/mol. The maximum absolute atomic E-state index is 13.3. The largest absolute Gasteiger partial charge is 0.507 e. The van der Waals surface area contributed by atoms with Gasteiger partial charge in [0.2, 0.25) is 0 Å². The molecule has 1 aliphatic heterocycles. The molecule has 0 bridgehead atoms. The molecule has 0 aliphatic carbocycles. The zero-order chi connectivity index (χ0) is 25.6. The number of benzene rings is 3. The number of hydrogen-bond acceptors (Lipinski definition) is 8. The second kappa shape index (κ2) is 8.90. The van der Waals surface area contributed by atoms with Gasteiger partial charge < -0.3 is 10.0 Å². The Kier molecular flexibility index (Phi) is 5.73. The molecule has 1 aromatic heterocycles. The van der Waals surface area contributed by atoms with Gasteiger partial charge in [0.05, 0.1) is 26.8 Å². The molecular weight excluding hydrogens is 480 g/mol. The third-order valence-electron chi connectivity index (χ3n) is 5.99. The van der Waals surface area contributed by atoms with E-state index in [4.69, 9.17) is 0 Å². The number of nitro groups is 1. The molecule has 4 aromatic rings. The molecule has 10 heteroatoms. The quantitative estimate of drug-likeness (QED) is 0.136. The number of thiazole rings is 1. The summed E-state index contributed by atoms with van der Waals surface area (Å²) >= 11 is 1.26. The molecule has 1 aliphatic rings. The van der Waals surface area contributed by atoms with Crippen LogP contribution in [0.1, 0.15) is 17.2 Å². The molecule has 1 saturated heterocycles. The smallest absolute Gasteiger partial charge is 0.301 e. The van der Waals surface area contributed by atoms with Crippen molar-refractivity contribution in [3.63, 3.8) is 0 Å². The lowest BCUT2D eigenvalue weighted by molar-refractivity contribution is -0.384. The van der Waals surface area contributed by atoms with Crippen molar-refractivity contribution in [2.45, 2.75) is 6.04 Å². The molecule has 5 rings (SSSR count). The van der Waals surface area contributed by atoms with Crippen molar-refractivity contribution in [1.29, 1.82) is 0 Å². The Bertz CT molecular complexity index is 1530. The SMILES string of the molecule is CN(C)c1ccc(C2/C(=C(\O)c3cccc([N+](=O)[O-])c3)C(=O)C(=O)N2c2nc3ccccc3s2)cc1. The van der Waals surface area contributed by atoms with Gasteiger partial charge in [0.1, 0.15) is 5.76 Å². The summed E-state index contributed by atoms with van der Waals surface area (Å²) in [5.41, 5.74) is 1.85. The van der Waals surface area contributed by atoms with Crippen molar-refractivity contribution < 1.29 is 19.6 Å². The minimum atomic E-state index is -0.971. The summed E-state index contributed by atoms with van der Waals surface area (Å²) in [6.07, 6.45) is 0. The number of nitrogens with zero attached hydrogens (tertiary/aromatic N) is 4. The summed E-state index contributed by atoms with van der Waals surface area (Å²) in [5, 5.41) is 22.8. The van der Waals surface area contributed by atoms with Crippen molar-refractivity contribution in [3.05, 3.63) is 99.6 Å². The number of aliphatic hydroxyl groups is 1. The van der Waals surface area contributed by atoms with Crippen LogP contribution in [0.3, 0.4) is 0 Å². The highest BCUT2D eigenvalue weighted by molar-refractivity contribution is 7.22. The molecule has 1 amide bonds. The standard InChI is InChI=1S/C26H20N4O5S/c1-28(2)17-12-10-15(11-13-17)22-21(23(31)16-6-5-7-18(14-16)30(34)35)24(32)25(33)29(22)26-27-19-8-3-4-9-20(19)36-26/h3-14,22,31H,1-2H3/b23-21+. The normalized spacial score (nSPS) is 17.1. The van der Waals surface area contributed by atoms with E-state index in [2.05, 4.69) is 4.98 Å². The van der Waals surface area contributed by atoms with Gasteiger partial charge in [-0.2, -0.15) is 0 Å². The molecule has 9 nitrogen and oxygen atoms in total. The number of carbonyl (C=O) groups excluding carboxylic acids is 2. The number of aromatic nitrogens is 1. The molecule has 1 atom stereocenters. The van der Waals surface area contributed by atoms with Crippen LogP contribution in [-0.4, -0.2) is 40.8 Å². The highest BCUT2D eigenvalue weighted by atomic mass is 32.1. The Morgan fingerprint density at radius 3 is 2.44 bits per heavy atom. The van der Waals surface area contributed by atoms with E-state index in [1.807, 2.05) is 55.4 Å². The van der Waals surface area contributed by atoms with Gasteiger partial charge >= 0.3 is 5.91 Å². The van der Waals surface area contributed by atoms with Crippen LogP contribution >= 0.6 is 11.3 Å². The highest BCUT2D eigenvalue weighted by Crippen LogP contribution is 2.44. The lowest BCUT2D eigenvalue weighted by Gasteiger charge is -2.23. The van der Waals surface area contributed by atoms with Crippen LogP contribution in [0.25, 0.3) is 16.0 Å². The first kappa shape index (κ1) is 23.2. The fourth-order valence-electron chi connectivity index (χ4n) is 4.19. The molecule has 0 radical (unpaired) electrons. The van der Waals surface area contributed by atoms with Crippen LogP contribution in [0, 0.1) is 10.1 Å². The molecule has 0 saturated carbocycles. The van der Waals surface area contributed by atoms with Crippen molar-refractivity contribution >= 4 is 55.5 Å². The number of nitro benzene ring substituents is 1. The van der Waals surface area contributed by atoms with Crippen LogP contribution in [0.15, 0.2) is 78.4 Å². The number of ketones is 1. The van der Waals surface area contributed by atoms with Gasteiger partial charge in [-0.25, -0.2) is 4.98 Å². The average molecular weight is 501 g/mol. The molecule has 180 valence electrons. The predicted octanol–water partition coefficient (Wildman–Crippen LogP) is 4.90. The van der Waals surface area contributed by atoms with E-state index in [1.165, 1.54) is 40.5 Å². The van der Waals surface area contributed by atoms with E-state index in [1.54, 1.807) is 12.1 Å². The zero-order valence-corrected chi connectivity index (χ0v) is 20.1. The molecule has 0 spiro atoms. The summed E-state index contributed by atoms with van der Waals surface area (Å²) in [5.74, 6) is -2.20. The minimum Gasteiger partial charge on any atom is -0.507 e. The topological polar surface area (TPSA) is 117 Å². The molecule has 1 N–H and O–H groups in total. The lowest BCUT2D eigenvalue weighted by Crippen LogP contribution is -2.29. The van der Waals surface area contributed by atoms with Gasteiger partial charge in [-0.3, -0.25) is 24.6 Å². The maximum Gasteiger partial charge on any atom is 0.301 e. The van der Waals surface area contributed by atoms with Crippen molar-refractivity contribution in [2.75, 3.05) is 23.9 Å². The van der Waals surface area contributed by atoms with Crippen LogP contribution in [0.2, 0.25) is 0 Å². The number of hydrogen-bond donors (Lipinski definition) is 1. The Morgan fingerprint density at radius 1 is 1.06 bits per heavy atom. The Balaban J connectivity index is 1.72. The fourth-order valence-corrected chi connectivity index (χ4v) is 5.18. The second-order valence-corrected chi connectivity index (χ2v) is 9.44. The maximum atomic E-state index is 13.3. The van der Waals surface area contributed by atoms with Gasteiger partial charge in [0.15, 0.2) is 5.13 Å². The van der Waals surface area contributed by atoms with Crippen molar-refractivity contribution in [1.82, 2.24) is 4.98 Å². The Labute approximate surface area is 209 Å². The number of non-ortho nitro benzene ring substituents is 1. The van der Waals surface area contributed by atoms with E-state index in [9.17, 15) is 24.8 Å². The minimum absolute atomic E-state index is 0.0708. The Hall–Kier alpha value is -4.57. The van der Waals surface area contributed by atoms with E-state index in [0.717, 1.165) is 10.4 Å². The van der Waals surface area contributed by atoms with Gasteiger partial charge in [-0.05, 0) is 29.8 Å². The van der Waals surface area contributed by atoms with Crippen LogP contribution in [0.5, 0.6) is 0 Å². The number of amides is 1. The summed E-state index contributed by atoms with van der Waals surface area (Å²) in [6.45, 7) is 0. The zero-order valence-electron chi connectivity index (χ0n) is 19.3. The van der Waals surface area contributed by atoms with Crippen LogP contribution in [0.4, 0.5) is 16.5 Å².